The number of anilines is 1. The van der Waals surface area contributed by atoms with Crippen molar-refractivity contribution in [3.63, 3.8) is 0 Å². The normalized spacial score (nSPS) is 10.9. The highest BCUT2D eigenvalue weighted by Crippen LogP contribution is 2.17. The van der Waals surface area contributed by atoms with Crippen LogP contribution in [0.25, 0.3) is 0 Å². The van der Waals surface area contributed by atoms with Crippen LogP contribution in [0.15, 0.2) is 34.7 Å². The highest BCUT2D eigenvalue weighted by molar-refractivity contribution is 5.45. The minimum absolute atomic E-state index is 0.276. The lowest BCUT2D eigenvalue weighted by atomic mass is 10.2. The smallest absolute Gasteiger partial charge is 0.235 e. The van der Waals surface area contributed by atoms with Crippen LogP contribution in [0.2, 0.25) is 0 Å². The van der Waals surface area contributed by atoms with E-state index < -0.39 is 0 Å². The molecule has 0 radical (unpaired) electrons. The summed E-state index contributed by atoms with van der Waals surface area (Å²) in [6.07, 6.45) is 0. The Balaban J connectivity index is 2.10. The standard InChI is InChI=1S/C14H19N3O/c1-4-17(12-8-6-5-7-9-12)10-13-15-16-14(18-13)11(2)3/h5-9,11H,4,10H2,1-3H3. The molecule has 1 heterocycles. The molecule has 96 valence electrons. The van der Waals surface area contributed by atoms with Crippen molar-refractivity contribution in [2.75, 3.05) is 11.4 Å². The lowest BCUT2D eigenvalue weighted by Gasteiger charge is -2.20. The van der Waals surface area contributed by atoms with Gasteiger partial charge in [0.1, 0.15) is 0 Å². The Hall–Kier alpha value is -1.84. The molecule has 2 rings (SSSR count). The fourth-order valence-corrected chi connectivity index (χ4v) is 1.75. The molecule has 0 amide bonds. The first kappa shape index (κ1) is 12.6. The highest BCUT2D eigenvalue weighted by Gasteiger charge is 2.12. The minimum atomic E-state index is 0.276. The molecule has 0 N–H and O–H groups in total. The van der Waals surface area contributed by atoms with E-state index in [-0.39, 0.29) is 5.92 Å². The van der Waals surface area contributed by atoms with Crippen molar-refractivity contribution in [2.45, 2.75) is 33.2 Å². The van der Waals surface area contributed by atoms with Crippen LogP contribution >= 0.6 is 0 Å². The van der Waals surface area contributed by atoms with E-state index in [0.29, 0.717) is 18.3 Å². The molecule has 4 heteroatoms. The Labute approximate surface area is 108 Å². The van der Waals surface area contributed by atoms with Gasteiger partial charge in [0.15, 0.2) is 0 Å². The number of benzene rings is 1. The number of aromatic nitrogens is 2. The lowest BCUT2D eigenvalue weighted by Crippen LogP contribution is -2.22. The third-order valence-corrected chi connectivity index (χ3v) is 2.81. The summed E-state index contributed by atoms with van der Waals surface area (Å²) < 4.78 is 5.63. The van der Waals surface area contributed by atoms with Gasteiger partial charge in [-0.3, -0.25) is 0 Å². The van der Waals surface area contributed by atoms with Crippen molar-refractivity contribution in [1.82, 2.24) is 10.2 Å². The Kier molecular flexibility index (Phi) is 3.97. The molecule has 0 aliphatic rings. The summed E-state index contributed by atoms with van der Waals surface area (Å²) in [6, 6.07) is 10.3. The van der Waals surface area contributed by atoms with Crippen molar-refractivity contribution in [3.05, 3.63) is 42.1 Å². The molecular formula is C14H19N3O. The second-order valence-electron chi connectivity index (χ2n) is 4.54. The molecule has 1 aromatic heterocycles. The first-order valence-electron chi connectivity index (χ1n) is 6.33. The van der Waals surface area contributed by atoms with Gasteiger partial charge >= 0.3 is 0 Å². The van der Waals surface area contributed by atoms with E-state index in [9.17, 15) is 0 Å². The predicted molar refractivity (Wildman–Crippen MR) is 71.6 cm³/mol. The van der Waals surface area contributed by atoms with Gasteiger partial charge in [-0.2, -0.15) is 0 Å². The third-order valence-electron chi connectivity index (χ3n) is 2.81. The quantitative estimate of drug-likeness (QED) is 0.811. The van der Waals surface area contributed by atoms with Gasteiger partial charge in [-0.05, 0) is 19.1 Å². The maximum absolute atomic E-state index is 5.63. The zero-order valence-corrected chi connectivity index (χ0v) is 11.1. The first-order valence-corrected chi connectivity index (χ1v) is 6.33. The molecule has 0 aliphatic carbocycles. The second-order valence-corrected chi connectivity index (χ2v) is 4.54. The fourth-order valence-electron chi connectivity index (χ4n) is 1.75. The Bertz CT molecular complexity index is 479. The Morgan fingerprint density at radius 1 is 1.17 bits per heavy atom. The van der Waals surface area contributed by atoms with Gasteiger partial charge < -0.3 is 9.32 Å². The predicted octanol–water partition coefficient (Wildman–Crippen LogP) is 3.22. The Morgan fingerprint density at radius 2 is 1.89 bits per heavy atom. The van der Waals surface area contributed by atoms with E-state index in [4.69, 9.17) is 4.42 Å². The zero-order valence-electron chi connectivity index (χ0n) is 11.1. The summed E-state index contributed by atoms with van der Waals surface area (Å²) in [6.45, 7) is 7.77. The van der Waals surface area contributed by atoms with E-state index in [1.54, 1.807) is 0 Å². The molecule has 0 aliphatic heterocycles. The van der Waals surface area contributed by atoms with Crippen LogP contribution in [0.3, 0.4) is 0 Å². The van der Waals surface area contributed by atoms with Gasteiger partial charge in [0.2, 0.25) is 11.8 Å². The van der Waals surface area contributed by atoms with Crippen LogP contribution in [0.4, 0.5) is 5.69 Å². The van der Waals surface area contributed by atoms with Crippen LogP contribution in [0.5, 0.6) is 0 Å². The summed E-state index contributed by atoms with van der Waals surface area (Å²) in [5.74, 6) is 1.65. The fraction of sp³-hybridized carbons (Fsp3) is 0.429. The largest absolute Gasteiger partial charge is 0.423 e. The highest BCUT2D eigenvalue weighted by atomic mass is 16.4. The van der Waals surface area contributed by atoms with Gasteiger partial charge in [0.25, 0.3) is 0 Å². The third kappa shape index (κ3) is 2.88. The van der Waals surface area contributed by atoms with Crippen molar-refractivity contribution < 1.29 is 4.42 Å². The molecule has 0 saturated carbocycles. The van der Waals surface area contributed by atoms with Crippen molar-refractivity contribution in [3.8, 4) is 0 Å². The van der Waals surface area contributed by atoms with E-state index in [1.165, 1.54) is 5.69 Å². The molecule has 2 aromatic rings. The number of para-hydroxylation sites is 1. The molecule has 18 heavy (non-hydrogen) atoms. The summed E-state index contributed by atoms with van der Waals surface area (Å²) in [5.41, 5.74) is 1.17. The van der Waals surface area contributed by atoms with E-state index in [1.807, 2.05) is 32.0 Å². The van der Waals surface area contributed by atoms with Gasteiger partial charge in [-0.25, -0.2) is 0 Å². The molecular weight excluding hydrogens is 226 g/mol. The lowest BCUT2D eigenvalue weighted by molar-refractivity contribution is 0.429. The van der Waals surface area contributed by atoms with Crippen molar-refractivity contribution >= 4 is 5.69 Å². The van der Waals surface area contributed by atoms with Crippen LogP contribution in [0.1, 0.15) is 38.5 Å². The van der Waals surface area contributed by atoms with Crippen molar-refractivity contribution in [2.24, 2.45) is 0 Å². The van der Waals surface area contributed by atoms with Gasteiger partial charge in [0, 0.05) is 18.2 Å². The number of nitrogens with zero attached hydrogens (tertiary/aromatic N) is 3. The van der Waals surface area contributed by atoms with Crippen LogP contribution in [-0.4, -0.2) is 16.7 Å². The van der Waals surface area contributed by atoms with Crippen LogP contribution in [-0.2, 0) is 6.54 Å². The Morgan fingerprint density at radius 3 is 2.44 bits per heavy atom. The summed E-state index contributed by atoms with van der Waals surface area (Å²) in [5, 5.41) is 8.15. The maximum atomic E-state index is 5.63. The summed E-state index contributed by atoms with van der Waals surface area (Å²) in [7, 11) is 0. The molecule has 1 aromatic carbocycles. The summed E-state index contributed by atoms with van der Waals surface area (Å²) in [4.78, 5) is 2.21. The van der Waals surface area contributed by atoms with E-state index >= 15 is 0 Å². The topological polar surface area (TPSA) is 42.2 Å². The minimum Gasteiger partial charge on any atom is -0.423 e. The average Bonchev–Trinajstić information content (AvgIpc) is 2.86. The van der Waals surface area contributed by atoms with Crippen LogP contribution < -0.4 is 4.90 Å². The van der Waals surface area contributed by atoms with E-state index in [0.717, 1.165) is 6.54 Å². The SMILES string of the molecule is CCN(Cc1nnc(C(C)C)o1)c1ccccc1. The molecule has 0 fully saturated rings. The number of hydrogen-bond donors (Lipinski definition) is 0. The molecule has 4 nitrogen and oxygen atoms in total. The van der Waals surface area contributed by atoms with Gasteiger partial charge in [0.05, 0.1) is 6.54 Å². The summed E-state index contributed by atoms with van der Waals surface area (Å²) >= 11 is 0. The number of hydrogen-bond acceptors (Lipinski definition) is 4. The number of rotatable bonds is 5. The molecule has 0 spiro atoms. The van der Waals surface area contributed by atoms with Gasteiger partial charge in [-0.15, -0.1) is 10.2 Å². The van der Waals surface area contributed by atoms with Crippen LogP contribution in [0, 0.1) is 0 Å². The maximum Gasteiger partial charge on any atom is 0.235 e. The van der Waals surface area contributed by atoms with Gasteiger partial charge in [-0.1, -0.05) is 32.0 Å². The monoisotopic (exact) mass is 245 g/mol. The zero-order chi connectivity index (χ0) is 13.0. The molecule has 0 bridgehead atoms. The molecule has 0 atom stereocenters. The first-order chi connectivity index (χ1) is 8.70. The van der Waals surface area contributed by atoms with E-state index in [2.05, 4.69) is 34.2 Å². The van der Waals surface area contributed by atoms with Crippen molar-refractivity contribution in [1.29, 1.82) is 0 Å². The average molecular weight is 245 g/mol. The molecule has 0 unspecified atom stereocenters. The second kappa shape index (κ2) is 5.67. The molecule has 0 saturated heterocycles.